The molecule has 0 radical (unpaired) electrons. The van der Waals surface area contributed by atoms with Crippen LogP contribution in [0.4, 0.5) is 11.4 Å². The highest BCUT2D eigenvalue weighted by Crippen LogP contribution is 2.36. The lowest BCUT2D eigenvalue weighted by Crippen LogP contribution is -2.59. The number of para-hydroxylation sites is 2. The van der Waals surface area contributed by atoms with E-state index in [4.69, 9.17) is 0 Å². The van der Waals surface area contributed by atoms with Crippen molar-refractivity contribution in [1.82, 2.24) is 15.2 Å². The number of amides is 2. The summed E-state index contributed by atoms with van der Waals surface area (Å²) in [5, 5.41) is 9.85. The summed E-state index contributed by atoms with van der Waals surface area (Å²) in [5.74, 6) is 0.605. The Labute approximate surface area is 176 Å². The number of anilines is 2. The summed E-state index contributed by atoms with van der Waals surface area (Å²) >= 11 is 0. The van der Waals surface area contributed by atoms with Crippen LogP contribution in [0.15, 0.2) is 42.7 Å². The third kappa shape index (κ3) is 3.54. The zero-order valence-electron chi connectivity index (χ0n) is 17.0. The van der Waals surface area contributed by atoms with E-state index in [1.807, 2.05) is 41.4 Å². The van der Waals surface area contributed by atoms with Crippen molar-refractivity contribution in [3.63, 3.8) is 0 Å². The maximum absolute atomic E-state index is 13.1. The first-order chi connectivity index (χ1) is 14.6. The number of piperidine rings is 1. The molecule has 3 aliphatic heterocycles. The van der Waals surface area contributed by atoms with Gasteiger partial charge in [0.15, 0.2) is 0 Å². The number of hydrogen-bond donors (Lipinski definition) is 3. The standard InChI is InChI=1S/C23H27N5O2/c29-21(18-12-17(14-25-15-18)11-16-5-8-24-13-16)28-9-6-23(7-10-28)22(30)26-19-3-1-2-4-20(19)27-23/h1-4,12,14-16,24,27H,5-11,13H2,(H,26,30). The third-order valence-electron chi connectivity index (χ3n) is 6.62. The smallest absolute Gasteiger partial charge is 0.255 e. The van der Waals surface area contributed by atoms with Crippen molar-refractivity contribution in [3.8, 4) is 0 Å². The van der Waals surface area contributed by atoms with E-state index < -0.39 is 5.54 Å². The first-order valence-corrected chi connectivity index (χ1v) is 10.8. The van der Waals surface area contributed by atoms with Crippen molar-refractivity contribution in [3.05, 3.63) is 53.9 Å². The Morgan fingerprint density at radius 1 is 1.17 bits per heavy atom. The van der Waals surface area contributed by atoms with Gasteiger partial charge in [-0.25, -0.2) is 0 Å². The topological polar surface area (TPSA) is 86.4 Å². The van der Waals surface area contributed by atoms with E-state index >= 15 is 0 Å². The molecule has 2 saturated heterocycles. The monoisotopic (exact) mass is 405 g/mol. The Balaban J connectivity index is 1.26. The van der Waals surface area contributed by atoms with E-state index in [1.165, 1.54) is 6.42 Å². The Morgan fingerprint density at radius 2 is 1.97 bits per heavy atom. The van der Waals surface area contributed by atoms with E-state index in [2.05, 4.69) is 20.9 Å². The molecule has 1 spiro atoms. The number of likely N-dealkylation sites (tertiary alicyclic amines) is 1. The molecule has 1 aromatic heterocycles. The summed E-state index contributed by atoms with van der Waals surface area (Å²) in [4.78, 5) is 32.1. The molecule has 7 nitrogen and oxygen atoms in total. The predicted octanol–water partition coefficient (Wildman–Crippen LogP) is 2.27. The van der Waals surface area contributed by atoms with Crippen LogP contribution >= 0.6 is 0 Å². The minimum atomic E-state index is -0.652. The van der Waals surface area contributed by atoms with Gasteiger partial charge in [-0.1, -0.05) is 12.1 Å². The Hall–Kier alpha value is -2.93. The van der Waals surface area contributed by atoms with Crippen LogP contribution in [-0.4, -0.2) is 53.4 Å². The predicted molar refractivity (Wildman–Crippen MR) is 115 cm³/mol. The second-order valence-electron chi connectivity index (χ2n) is 8.64. The Kier molecular flexibility index (Phi) is 4.90. The molecule has 0 aliphatic carbocycles. The van der Waals surface area contributed by atoms with Crippen LogP contribution in [0.5, 0.6) is 0 Å². The quantitative estimate of drug-likeness (QED) is 0.729. The van der Waals surface area contributed by atoms with Crippen LogP contribution < -0.4 is 16.0 Å². The molecule has 7 heteroatoms. The third-order valence-corrected chi connectivity index (χ3v) is 6.62. The van der Waals surface area contributed by atoms with Gasteiger partial charge in [0.2, 0.25) is 5.91 Å². The van der Waals surface area contributed by atoms with Crippen molar-refractivity contribution >= 4 is 23.2 Å². The molecule has 0 saturated carbocycles. The molecule has 2 amide bonds. The summed E-state index contributed by atoms with van der Waals surface area (Å²) in [6.45, 7) is 3.18. The molecule has 30 heavy (non-hydrogen) atoms. The number of nitrogens with zero attached hydrogens (tertiary/aromatic N) is 2. The number of hydrogen-bond acceptors (Lipinski definition) is 5. The highest BCUT2D eigenvalue weighted by molar-refractivity contribution is 6.06. The Bertz CT molecular complexity index is 962. The van der Waals surface area contributed by atoms with Gasteiger partial charge >= 0.3 is 0 Å². The summed E-state index contributed by atoms with van der Waals surface area (Å²) in [6.07, 6.45) is 6.82. The van der Waals surface area contributed by atoms with Gasteiger partial charge in [-0.3, -0.25) is 14.6 Å². The normalized spacial score (nSPS) is 22.3. The van der Waals surface area contributed by atoms with Crippen LogP contribution in [0, 0.1) is 5.92 Å². The molecule has 1 atom stereocenters. The number of carbonyl (C=O) groups excluding carboxylic acids is 2. The minimum absolute atomic E-state index is 0.000338. The number of pyridine rings is 1. The van der Waals surface area contributed by atoms with Crippen LogP contribution in [-0.2, 0) is 11.2 Å². The van der Waals surface area contributed by atoms with Gasteiger partial charge in [-0.2, -0.15) is 0 Å². The Morgan fingerprint density at radius 3 is 2.73 bits per heavy atom. The molecule has 156 valence electrons. The molecular formula is C23H27N5O2. The van der Waals surface area contributed by atoms with Crippen LogP contribution in [0.25, 0.3) is 0 Å². The highest BCUT2D eigenvalue weighted by Gasteiger charge is 2.45. The molecule has 5 rings (SSSR count). The number of fused-ring (bicyclic) bond motifs is 1. The fourth-order valence-corrected chi connectivity index (χ4v) is 4.82. The molecule has 2 aromatic rings. The van der Waals surface area contributed by atoms with Gasteiger partial charge in [-0.15, -0.1) is 0 Å². The second-order valence-corrected chi connectivity index (χ2v) is 8.64. The summed E-state index contributed by atoms with van der Waals surface area (Å²) in [6, 6.07) is 9.72. The summed E-state index contributed by atoms with van der Waals surface area (Å²) in [5.41, 5.74) is 2.86. The zero-order chi connectivity index (χ0) is 20.6. The van der Waals surface area contributed by atoms with Crippen molar-refractivity contribution < 1.29 is 9.59 Å². The van der Waals surface area contributed by atoms with E-state index in [0.717, 1.165) is 36.4 Å². The first kappa shape index (κ1) is 19.1. The maximum atomic E-state index is 13.1. The highest BCUT2D eigenvalue weighted by atomic mass is 16.2. The molecular weight excluding hydrogens is 378 g/mol. The number of benzene rings is 1. The lowest BCUT2D eigenvalue weighted by atomic mass is 9.84. The zero-order valence-corrected chi connectivity index (χ0v) is 17.0. The fraction of sp³-hybridized carbons (Fsp3) is 0.435. The number of aromatic nitrogens is 1. The van der Waals surface area contributed by atoms with Crippen LogP contribution in [0.2, 0.25) is 0 Å². The molecule has 1 aromatic carbocycles. The van der Waals surface area contributed by atoms with Crippen LogP contribution in [0.3, 0.4) is 0 Å². The van der Waals surface area contributed by atoms with Gasteiger partial charge < -0.3 is 20.9 Å². The second kappa shape index (κ2) is 7.72. The minimum Gasteiger partial charge on any atom is -0.369 e. The van der Waals surface area contributed by atoms with E-state index in [9.17, 15) is 9.59 Å². The summed E-state index contributed by atoms with van der Waals surface area (Å²) in [7, 11) is 0. The van der Waals surface area contributed by atoms with Crippen molar-refractivity contribution in [2.75, 3.05) is 36.8 Å². The van der Waals surface area contributed by atoms with E-state index in [0.29, 0.717) is 37.4 Å². The average molecular weight is 406 g/mol. The number of carbonyl (C=O) groups is 2. The molecule has 3 N–H and O–H groups in total. The molecule has 0 bridgehead atoms. The lowest BCUT2D eigenvalue weighted by molar-refractivity contribution is -0.122. The van der Waals surface area contributed by atoms with Crippen molar-refractivity contribution in [1.29, 1.82) is 0 Å². The van der Waals surface area contributed by atoms with Crippen molar-refractivity contribution in [2.24, 2.45) is 5.92 Å². The van der Waals surface area contributed by atoms with Crippen LogP contribution in [0.1, 0.15) is 35.2 Å². The SMILES string of the molecule is O=C(c1cncc(CC2CCNC2)c1)N1CCC2(CC1)Nc1ccccc1NC2=O. The number of nitrogens with one attached hydrogen (secondary N) is 3. The molecule has 4 heterocycles. The van der Waals surface area contributed by atoms with Gasteiger partial charge in [0.25, 0.3) is 5.91 Å². The summed E-state index contributed by atoms with van der Waals surface area (Å²) < 4.78 is 0. The van der Waals surface area contributed by atoms with Gasteiger partial charge in [0.05, 0.1) is 16.9 Å². The lowest BCUT2D eigenvalue weighted by Gasteiger charge is -2.44. The largest absolute Gasteiger partial charge is 0.369 e. The van der Waals surface area contributed by atoms with Gasteiger partial charge in [-0.05, 0) is 68.5 Å². The average Bonchev–Trinajstić information content (AvgIpc) is 3.28. The maximum Gasteiger partial charge on any atom is 0.255 e. The van der Waals surface area contributed by atoms with E-state index in [1.54, 1.807) is 6.20 Å². The van der Waals surface area contributed by atoms with Crippen molar-refractivity contribution in [2.45, 2.75) is 31.2 Å². The molecule has 2 fully saturated rings. The molecule has 3 aliphatic rings. The first-order valence-electron chi connectivity index (χ1n) is 10.8. The fourth-order valence-electron chi connectivity index (χ4n) is 4.82. The van der Waals surface area contributed by atoms with Gasteiger partial charge in [0.1, 0.15) is 5.54 Å². The molecule has 1 unspecified atom stereocenters. The van der Waals surface area contributed by atoms with E-state index in [-0.39, 0.29) is 11.8 Å². The number of rotatable bonds is 3. The van der Waals surface area contributed by atoms with Gasteiger partial charge in [0, 0.05) is 25.5 Å².